The molecular formula is C52H76N12O7. The fourth-order valence-corrected chi connectivity index (χ4v) is 10.1. The Labute approximate surface area is 416 Å². The van der Waals surface area contributed by atoms with Crippen molar-refractivity contribution < 1.29 is 33.6 Å². The summed E-state index contributed by atoms with van der Waals surface area (Å²) in [6.07, 6.45) is 11.0. The van der Waals surface area contributed by atoms with E-state index in [4.69, 9.17) is 17.2 Å². The highest BCUT2D eigenvalue weighted by Crippen LogP contribution is 2.29. The van der Waals surface area contributed by atoms with Gasteiger partial charge in [-0.15, -0.1) is 0 Å². The normalized spacial score (nSPS) is 23.5. The number of carbonyl (C=O) groups is 7. The number of guanidine groups is 1. The van der Waals surface area contributed by atoms with Gasteiger partial charge in [0.1, 0.15) is 36.3 Å². The largest absolute Gasteiger partial charge is 0.370 e. The standard InChI is InChI=1S/C52H76N12O7/c1-33-24-27-56-46(66)39(21-13-26-57-52(54)55)60-48(68)42(31-36-32-58-38-20-11-10-19-37(36)38)61-47(67)41(30-35-17-7-3-8-18-35)62-50(70)43-22-14-28-64(43)51(71)45(33)63-49(69)40(29-34-15-5-2-6-16-34)59-44(65)23-9-4-12-25-53/h2,5-6,10-11,15-16,19-20,32-33,35,39-43,45,58H,3-4,7-9,12-14,17-18,21-31,53H2,1H3,(H,56,66)(H,59,65)(H,60,68)(H,61,67)(H,62,70)(H,63,69)(H4,54,55,57)/t33?,39-,40-,41+,42-,43-,45-/m0/s1. The van der Waals surface area contributed by atoms with Crippen LogP contribution in [0.1, 0.15) is 114 Å². The van der Waals surface area contributed by atoms with Gasteiger partial charge in [0.2, 0.25) is 41.4 Å². The zero-order valence-corrected chi connectivity index (χ0v) is 41.2. The van der Waals surface area contributed by atoms with Crippen LogP contribution in [-0.2, 0) is 46.4 Å². The second-order valence-corrected chi connectivity index (χ2v) is 19.6. The van der Waals surface area contributed by atoms with E-state index in [-0.39, 0.29) is 69.5 Å². The number of benzene rings is 2. The molecule has 19 heteroatoms. The molecule has 3 aliphatic rings. The Morgan fingerprint density at radius 3 is 2.27 bits per heavy atom. The minimum absolute atomic E-state index is 0.0508. The highest BCUT2D eigenvalue weighted by atomic mass is 16.2. The number of aromatic nitrogens is 1. The van der Waals surface area contributed by atoms with Gasteiger partial charge in [-0.25, -0.2) is 0 Å². The zero-order valence-electron chi connectivity index (χ0n) is 41.2. The second-order valence-electron chi connectivity index (χ2n) is 19.6. The number of aromatic amines is 1. The Balaban J connectivity index is 1.32. The van der Waals surface area contributed by atoms with Crippen molar-refractivity contribution >= 4 is 58.2 Å². The molecule has 19 nitrogen and oxygen atoms in total. The molecular weight excluding hydrogens is 905 g/mol. The van der Waals surface area contributed by atoms with Crippen LogP contribution in [-0.4, -0.2) is 120 Å². The lowest BCUT2D eigenvalue weighted by Gasteiger charge is -2.34. The number of para-hydroxylation sites is 1. The molecule has 13 N–H and O–H groups in total. The van der Waals surface area contributed by atoms with Crippen molar-refractivity contribution in [3.05, 3.63) is 71.9 Å². The first kappa shape index (κ1) is 53.8. The smallest absolute Gasteiger partial charge is 0.246 e. The summed E-state index contributed by atoms with van der Waals surface area (Å²) < 4.78 is 0. The Morgan fingerprint density at radius 1 is 0.789 bits per heavy atom. The first-order valence-electron chi connectivity index (χ1n) is 25.7. The van der Waals surface area contributed by atoms with Crippen LogP contribution in [0.15, 0.2) is 65.8 Å². The third-order valence-corrected chi connectivity index (χ3v) is 14.1. The number of hydrogen-bond donors (Lipinski definition) is 10. The molecule has 2 aromatic carbocycles. The van der Waals surface area contributed by atoms with Crippen LogP contribution in [0, 0.1) is 11.8 Å². The molecule has 7 amide bonds. The number of nitrogens with zero attached hydrogens (tertiary/aromatic N) is 2. The van der Waals surface area contributed by atoms with Crippen molar-refractivity contribution in [2.24, 2.45) is 34.0 Å². The molecule has 2 saturated heterocycles. The number of hydrogen-bond acceptors (Lipinski definition) is 9. The number of nitrogens with one attached hydrogen (secondary N) is 7. The lowest BCUT2D eigenvalue weighted by Crippen LogP contribution is -2.61. The van der Waals surface area contributed by atoms with Gasteiger partial charge in [-0.05, 0) is 86.9 Å². The molecule has 0 radical (unpaired) electrons. The predicted octanol–water partition coefficient (Wildman–Crippen LogP) is 2.07. The van der Waals surface area contributed by atoms with Crippen LogP contribution >= 0.6 is 0 Å². The average molecular weight is 981 g/mol. The number of H-pyrrole nitrogens is 1. The second kappa shape index (κ2) is 27.2. The third-order valence-electron chi connectivity index (χ3n) is 14.1. The van der Waals surface area contributed by atoms with Gasteiger partial charge >= 0.3 is 0 Å². The highest BCUT2D eigenvalue weighted by Gasteiger charge is 2.42. The van der Waals surface area contributed by atoms with Crippen LogP contribution in [0.25, 0.3) is 10.9 Å². The predicted molar refractivity (Wildman–Crippen MR) is 272 cm³/mol. The van der Waals surface area contributed by atoms with Crippen LogP contribution in [0.2, 0.25) is 0 Å². The summed E-state index contributed by atoms with van der Waals surface area (Å²) >= 11 is 0. The summed E-state index contributed by atoms with van der Waals surface area (Å²) in [7, 11) is 0. The van der Waals surface area contributed by atoms with E-state index >= 15 is 4.79 Å². The lowest BCUT2D eigenvalue weighted by atomic mass is 9.84. The van der Waals surface area contributed by atoms with E-state index in [2.05, 4.69) is 41.9 Å². The van der Waals surface area contributed by atoms with Crippen molar-refractivity contribution in [3.8, 4) is 0 Å². The average Bonchev–Trinajstić information content (AvgIpc) is 4.03. The van der Waals surface area contributed by atoms with Gasteiger partial charge in [-0.2, -0.15) is 0 Å². The van der Waals surface area contributed by atoms with Gasteiger partial charge in [-0.1, -0.05) is 94.0 Å². The number of unbranched alkanes of at least 4 members (excludes halogenated alkanes) is 2. The number of aliphatic imine (C=N–C) groups is 1. The van der Waals surface area contributed by atoms with E-state index < -0.39 is 77.6 Å². The minimum Gasteiger partial charge on any atom is -0.370 e. The molecule has 1 aromatic heterocycles. The molecule has 2 aliphatic heterocycles. The SMILES string of the molecule is CC1CCNC(=O)[C@H](CCCN=C(N)N)NC(=O)[C@H](Cc2c[nH]c3ccccc23)NC(=O)[C@@H](CC2CCCCC2)NC(=O)[C@@H]2CCCN2C(=O)[C@H]1NC(=O)[C@H](Cc1ccccc1)NC(=O)CCCCCN. The third kappa shape index (κ3) is 16.0. The molecule has 386 valence electrons. The van der Waals surface area contributed by atoms with Crippen molar-refractivity contribution in [1.29, 1.82) is 0 Å². The van der Waals surface area contributed by atoms with Gasteiger partial charge in [0.05, 0.1) is 0 Å². The molecule has 0 spiro atoms. The summed E-state index contributed by atoms with van der Waals surface area (Å²) in [6.45, 7) is 2.77. The molecule has 7 atom stereocenters. The molecule has 1 unspecified atom stereocenters. The molecule has 3 heterocycles. The maximum Gasteiger partial charge on any atom is 0.246 e. The number of rotatable bonds is 18. The van der Waals surface area contributed by atoms with Crippen LogP contribution in [0.4, 0.5) is 0 Å². The molecule has 6 rings (SSSR count). The molecule has 1 aliphatic carbocycles. The summed E-state index contributed by atoms with van der Waals surface area (Å²) in [5.41, 5.74) is 19.3. The van der Waals surface area contributed by atoms with E-state index in [9.17, 15) is 28.8 Å². The highest BCUT2D eigenvalue weighted by molar-refractivity contribution is 5.98. The van der Waals surface area contributed by atoms with Gasteiger partial charge in [-0.3, -0.25) is 38.6 Å². The lowest BCUT2D eigenvalue weighted by molar-refractivity contribution is -0.143. The van der Waals surface area contributed by atoms with Gasteiger partial charge in [0.25, 0.3) is 0 Å². The summed E-state index contributed by atoms with van der Waals surface area (Å²) in [5.74, 6) is -4.09. The fourth-order valence-electron chi connectivity index (χ4n) is 10.1. The number of amides is 7. The molecule has 0 bridgehead atoms. The Morgan fingerprint density at radius 2 is 1.51 bits per heavy atom. The topological polar surface area (TPSA) is 301 Å². The first-order chi connectivity index (χ1) is 34.3. The first-order valence-corrected chi connectivity index (χ1v) is 25.7. The van der Waals surface area contributed by atoms with E-state index in [1.165, 1.54) is 4.90 Å². The van der Waals surface area contributed by atoms with Crippen LogP contribution in [0.5, 0.6) is 0 Å². The van der Waals surface area contributed by atoms with Crippen LogP contribution in [0.3, 0.4) is 0 Å². The summed E-state index contributed by atoms with van der Waals surface area (Å²) in [6, 6.07) is 10.4. The van der Waals surface area contributed by atoms with Crippen LogP contribution < -0.4 is 49.1 Å². The van der Waals surface area contributed by atoms with Gasteiger partial charge < -0.3 is 59.0 Å². The number of nitrogens with two attached hydrogens (primary N) is 3. The summed E-state index contributed by atoms with van der Waals surface area (Å²) in [4.78, 5) is 110. The number of fused-ring (bicyclic) bond motifs is 2. The van der Waals surface area contributed by atoms with E-state index in [0.29, 0.717) is 38.6 Å². The van der Waals surface area contributed by atoms with Crippen molar-refractivity contribution in [1.82, 2.24) is 41.8 Å². The van der Waals surface area contributed by atoms with Gasteiger partial charge in [0, 0.05) is 56.0 Å². The monoisotopic (exact) mass is 981 g/mol. The van der Waals surface area contributed by atoms with Crippen molar-refractivity contribution in [3.63, 3.8) is 0 Å². The number of carbonyl (C=O) groups excluding carboxylic acids is 7. The van der Waals surface area contributed by atoms with Crippen molar-refractivity contribution in [2.45, 2.75) is 152 Å². The Hall–Kier alpha value is -6.50. The quantitative estimate of drug-likeness (QED) is 0.0503. The minimum atomic E-state index is -1.17. The van der Waals surface area contributed by atoms with E-state index in [0.717, 1.165) is 67.0 Å². The fraction of sp³-hybridized carbons (Fsp3) is 0.577. The molecule has 1 saturated carbocycles. The van der Waals surface area contributed by atoms with E-state index in [1.807, 2.05) is 54.6 Å². The maximum absolute atomic E-state index is 15.0. The molecule has 3 fully saturated rings. The molecule has 71 heavy (non-hydrogen) atoms. The van der Waals surface area contributed by atoms with Crippen molar-refractivity contribution in [2.75, 3.05) is 26.2 Å². The Bertz CT molecular complexity index is 2300. The zero-order chi connectivity index (χ0) is 50.7. The molecule has 3 aromatic rings. The maximum atomic E-state index is 15.0. The van der Waals surface area contributed by atoms with Gasteiger partial charge in [0.15, 0.2) is 5.96 Å². The van der Waals surface area contributed by atoms with E-state index in [1.54, 1.807) is 13.1 Å². The Kier molecular flexibility index (Phi) is 20.6. The summed E-state index contributed by atoms with van der Waals surface area (Å²) in [5, 5.41) is 18.6.